The number of rotatable bonds is 8. The average molecular weight is 253 g/mol. The molecule has 1 saturated carbocycles. The van der Waals surface area contributed by atoms with E-state index in [4.69, 9.17) is 0 Å². The molecule has 0 saturated heterocycles. The SMILES string of the molecule is CCSCC(C)NCC1(Cn2ccnc2)CC1. The van der Waals surface area contributed by atoms with Gasteiger partial charge in [0.15, 0.2) is 0 Å². The molecular formula is C13H23N3S. The standard InChI is InChI=1S/C13H23N3S/c1-3-17-8-12(2)15-9-13(4-5-13)10-16-7-6-14-11-16/h6-7,11-12,15H,3-5,8-10H2,1-2H3. The van der Waals surface area contributed by atoms with Gasteiger partial charge in [-0.15, -0.1) is 0 Å². The van der Waals surface area contributed by atoms with Crippen LogP contribution >= 0.6 is 11.8 Å². The van der Waals surface area contributed by atoms with Gasteiger partial charge in [-0.05, 0) is 25.5 Å². The molecule has 0 radical (unpaired) electrons. The Morgan fingerprint density at radius 3 is 2.94 bits per heavy atom. The van der Waals surface area contributed by atoms with E-state index in [-0.39, 0.29) is 0 Å². The fourth-order valence-electron chi connectivity index (χ4n) is 2.08. The van der Waals surface area contributed by atoms with Gasteiger partial charge in [-0.3, -0.25) is 0 Å². The molecule has 1 heterocycles. The minimum absolute atomic E-state index is 0.506. The minimum atomic E-state index is 0.506. The van der Waals surface area contributed by atoms with Crippen molar-refractivity contribution in [3.05, 3.63) is 18.7 Å². The Morgan fingerprint density at radius 1 is 1.53 bits per heavy atom. The van der Waals surface area contributed by atoms with Crippen LogP contribution < -0.4 is 5.32 Å². The summed E-state index contributed by atoms with van der Waals surface area (Å²) >= 11 is 2.01. The molecule has 3 nitrogen and oxygen atoms in total. The van der Waals surface area contributed by atoms with Crippen LogP contribution in [0.5, 0.6) is 0 Å². The molecule has 1 aromatic heterocycles. The van der Waals surface area contributed by atoms with E-state index in [1.54, 1.807) is 0 Å². The van der Waals surface area contributed by atoms with Gasteiger partial charge < -0.3 is 9.88 Å². The summed E-state index contributed by atoms with van der Waals surface area (Å²) in [7, 11) is 0. The van der Waals surface area contributed by atoms with Crippen molar-refractivity contribution in [3.8, 4) is 0 Å². The number of imidazole rings is 1. The van der Waals surface area contributed by atoms with Crippen LogP contribution in [0.1, 0.15) is 26.7 Å². The first-order valence-electron chi connectivity index (χ1n) is 6.51. The lowest BCUT2D eigenvalue weighted by Gasteiger charge is -2.20. The van der Waals surface area contributed by atoms with Crippen LogP contribution in [0.15, 0.2) is 18.7 Å². The lowest BCUT2D eigenvalue weighted by Crippen LogP contribution is -2.35. The summed E-state index contributed by atoms with van der Waals surface area (Å²) in [5.41, 5.74) is 0.506. The summed E-state index contributed by atoms with van der Waals surface area (Å²) in [6, 6.07) is 0.625. The summed E-state index contributed by atoms with van der Waals surface area (Å²) < 4.78 is 2.21. The second kappa shape index (κ2) is 5.91. The van der Waals surface area contributed by atoms with Crippen molar-refractivity contribution in [1.29, 1.82) is 0 Å². The fourth-order valence-corrected chi connectivity index (χ4v) is 2.79. The van der Waals surface area contributed by atoms with E-state index < -0.39 is 0 Å². The lowest BCUT2D eigenvalue weighted by atomic mass is 10.1. The second-order valence-corrected chi connectivity index (χ2v) is 6.50. The van der Waals surface area contributed by atoms with Gasteiger partial charge >= 0.3 is 0 Å². The van der Waals surface area contributed by atoms with Gasteiger partial charge in [0, 0.05) is 42.7 Å². The first kappa shape index (κ1) is 13.0. The van der Waals surface area contributed by atoms with Crippen molar-refractivity contribution in [2.45, 2.75) is 39.3 Å². The van der Waals surface area contributed by atoms with Crippen LogP contribution in [0.25, 0.3) is 0 Å². The molecule has 96 valence electrons. The summed E-state index contributed by atoms with van der Waals surface area (Å²) in [4.78, 5) is 4.11. The number of nitrogens with zero attached hydrogens (tertiary/aromatic N) is 2. The third-order valence-corrected chi connectivity index (χ3v) is 4.58. The topological polar surface area (TPSA) is 29.9 Å². The highest BCUT2D eigenvalue weighted by Crippen LogP contribution is 2.46. The van der Waals surface area contributed by atoms with Crippen molar-refractivity contribution in [1.82, 2.24) is 14.9 Å². The van der Waals surface area contributed by atoms with Gasteiger partial charge in [-0.2, -0.15) is 11.8 Å². The Morgan fingerprint density at radius 2 is 2.35 bits per heavy atom. The zero-order chi connectivity index (χ0) is 12.1. The highest BCUT2D eigenvalue weighted by Gasteiger charge is 2.42. The molecule has 0 aromatic carbocycles. The Kier molecular flexibility index (Phi) is 4.51. The number of aromatic nitrogens is 2. The fraction of sp³-hybridized carbons (Fsp3) is 0.769. The Hall–Kier alpha value is -0.480. The maximum Gasteiger partial charge on any atom is 0.0946 e. The molecule has 0 spiro atoms. The van der Waals surface area contributed by atoms with Crippen LogP contribution in [0.4, 0.5) is 0 Å². The van der Waals surface area contributed by atoms with Gasteiger partial charge in [0.25, 0.3) is 0 Å². The zero-order valence-corrected chi connectivity index (χ0v) is 11.7. The van der Waals surface area contributed by atoms with E-state index in [0.717, 1.165) is 13.1 Å². The first-order valence-corrected chi connectivity index (χ1v) is 7.66. The molecule has 1 N–H and O–H groups in total. The molecule has 0 bridgehead atoms. The van der Waals surface area contributed by atoms with Gasteiger partial charge in [0.05, 0.1) is 6.33 Å². The molecule has 4 heteroatoms. The lowest BCUT2D eigenvalue weighted by molar-refractivity contribution is 0.379. The van der Waals surface area contributed by atoms with Gasteiger partial charge in [-0.1, -0.05) is 6.92 Å². The second-order valence-electron chi connectivity index (χ2n) is 5.18. The predicted molar refractivity (Wildman–Crippen MR) is 74.4 cm³/mol. The largest absolute Gasteiger partial charge is 0.337 e. The van der Waals surface area contributed by atoms with E-state index in [2.05, 4.69) is 34.9 Å². The van der Waals surface area contributed by atoms with E-state index in [1.807, 2.05) is 24.3 Å². The van der Waals surface area contributed by atoms with E-state index in [0.29, 0.717) is 11.5 Å². The molecule has 0 amide bonds. The summed E-state index contributed by atoms with van der Waals surface area (Å²) in [5, 5.41) is 3.68. The van der Waals surface area contributed by atoms with E-state index >= 15 is 0 Å². The molecule has 1 unspecified atom stereocenters. The highest BCUT2D eigenvalue weighted by atomic mass is 32.2. The Labute approximate surface area is 108 Å². The van der Waals surface area contributed by atoms with Crippen molar-refractivity contribution in [2.75, 3.05) is 18.1 Å². The Balaban J connectivity index is 1.71. The van der Waals surface area contributed by atoms with Gasteiger partial charge in [0.2, 0.25) is 0 Å². The molecule has 2 rings (SSSR count). The number of hydrogen-bond donors (Lipinski definition) is 1. The third-order valence-electron chi connectivity index (χ3n) is 3.43. The summed E-state index contributed by atoms with van der Waals surface area (Å²) in [6.07, 6.45) is 8.56. The number of nitrogens with one attached hydrogen (secondary N) is 1. The van der Waals surface area contributed by atoms with Gasteiger partial charge in [0.1, 0.15) is 0 Å². The van der Waals surface area contributed by atoms with E-state index in [9.17, 15) is 0 Å². The third kappa shape index (κ3) is 4.03. The smallest absolute Gasteiger partial charge is 0.0946 e. The maximum atomic E-state index is 4.11. The predicted octanol–water partition coefficient (Wildman–Crippen LogP) is 2.39. The van der Waals surface area contributed by atoms with Crippen LogP contribution in [0.2, 0.25) is 0 Å². The quantitative estimate of drug-likeness (QED) is 0.771. The zero-order valence-electron chi connectivity index (χ0n) is 10.9. The molecule has 1 aromatic rings. The van der Waals surface area contributed by atoms with Crippen LogP contribution in [-0.4, -0.2) is 33.6 Å². The molecule has 1 aliphatic carbocycles. The monoisotopic (exact) mass is 253 g/mol. The summed E-state index contributed by atoms with van der Waals surface area (Å²) in [5.74, 6) is 2.43. The molecule has 1 aliphatic rings. The molecule has 1 fully saturated rings. The van der Waals surface area contributed by atoms with Crippen LogP contribution in [0.3, 0.4) is 0 Å². The Bertz CT molecular complexity index is 319. The van der Waals surface area contributed by atoms with E-state index in [1.165, 1.54) is 24.3 Å². The van der Waals surface area contributed by atoms with Crippen LogP contribution in [-0.2, 0) is 6.54 Å². The van der Waals surface area contributed by atoms with Crippen molar-refractivity contribution >= 4 is 11.8 Å². The van der Waals surface area contributed by atoms with Gasteiger partial charge in [-0.25, -0.2) is 4.98 Å². The molecule has 0 aliphatic heterocycles. The molecule has 1 atom stereocenters. The number of hydrogen-bond acceptors (Lipinski definition) is 3. The van der Waals surface area contributed by atoms with Crippen molar-refractivity contribution < 1.29 is 0 Å². The van der Waals surface area contributed by atoms with Crippen molar-refractivity contribution in [2.24, 2.45) is 5.41 Å². The molecule has 17 heavy (non-hydrogen) atoms. The normalized spacial score (nSPS) is 19.2. The van der Waals surface area contributed by atoms with Crippen molar-refractivity contribution in [3.63, 3.8) is 0 Å². The summed E-state index contributed by atoms with van der Waals surface area (Å²) in [6.45, 7) is 6.78. The minimum Gasteiger partial charge on any atom is -0.337 e. The number of thioether (sulfide) groups is 1. The highest BCUT2D eigenvalue weighted by molar-refractivity contribution is 7.99. The average Bonchev–Trinajstić information content (AvgIpc) is 2.89. The van der Waals surface area contributed by atoms with Crippen LogP contribution in [0, 0.1) is 5.41 Å². The first-order chi connectivity index (χ1) is 8.24. The maximum absolute atomic E-state index is 4.11. The molecular weight excluding hydrogens is 230 g/mol.